The molecule has 170 valence electrons. The summed E-state index contributed by atoms with van der Waals surface area (Å²) in [6.07, 6.45) is -2.64. The molecule has 5 N–H and O–H groups in total. The van der Waals surface area contributed by atoms with Crippen molar-refractivity contribution in [2.75, 3.05) is 11.9 Å². The lowest BCUT2D eigenvalue weighted by Gasteiger charge is -2.13. The van der Waals surface area contributed by atoms with Crippen LogP contribution in [0.2, 0.25) is 0 Å². The number of aromatic amines is 1. The van der Waals surface area contributed by atoms with E-state index in [0.717, 1.165) is 24.4 Å². The summed E-state index contributed by atoms with van der Waals surface area (Å²) in [7, 11) is 0. The van der Waals surface area contributed by atoms with Gasteiger partial charge in [-0.1, -0.05) is 0 Å². The third kappa shape index (κ3) is 5.22. The minimum Gasteiger partial charge on any atom is -0.450 e. The fraction of sp³-hybridized carbons (Fsp3) is 0.211. The van der Waals surface area contributed by atoms with Gasteiger partial charge in [-0.2, -0.15) is 13.2 Å². The second-order valence-corrected chi connectivity index (χ2v) is 6.55. The molecule has 0 fully saturated rings. The second kappa shape index (κ2) is 9.08. The lowest BCUT2D eigenvalue weighted by atomic mass is 10.2. The quantitative estimate of drug-likeness (QED) is 0.316. The zero-order valence-corrected chi connectivity index (χ0v) is 16.1. The topological polar surface area (TPSA) is 122 Å². The van der Waals surface area contributed by atoms with Gasteiger partial charge in [-0.05, 0) is 12.5 Å². The molecule has 0 spiro atoms. The molecule has 1 aromatic carbocycles. The molecule has 2 heterocycles. The smallest absolute Gasteiger partial charge is 0.418 e. The number of fused-ring (bicyclic) bond motifs is 1. The Morgan fingerprint density at radius 3 is 2.50 bits per heavy atom. The number of alkyl halides is 3. The maximum atomic E-state index is 14.5. The Morgan fingerprint density at radius 2 is 1.88 bits per heavy atom. The predicted molar refractivity (Wildman–Crippen MR) is 103 cm³/mol. The SMILES string of the molecule is NC(=O)CCCNC(=O)Nc1cc(F)c(Oc2ccnc3[nH]cc(C(F)(F)F)c23)c(F)c1. The number of nitrogens with two attached hydrogens (primary N) is 1. The van der Waals surface area contributed by atoms with Crippen LogP contribution in [0.25, 0.3) is 11.0 Å². The molecule has 8 nitrogen and oxygen atoms in total. The Bertz CT molecular complexity index is 1140. The summed E-state index contributed by atoms with van der Waals surface area (Å²) >= 11 is 0. The molecule has 0 saturated heterocycles. The summed E-state index contributed by atoms with van der Waals surface area (Å²) in [6, 6.07) is 1.72. The van der Waals surface area contributed by atoms with E-state index < -0.39 is 52.2 Å². The summed E-state index contributed by atoms with van der Waals surface area (Å²) in [5, 5.41) is 4.07. The Morgan fingerprint density at radius 1 is 1.19 bits per heavy atom. The number of hydrogen-bond donors (Lipinski definition) is 4. The van der Waals surface area contributed by atoms with Crippen molar-refractivity contribution in [1.29, 1.82) is 0 Å². The van der Waals surface area contributed by atoms with Crippen molar-refractivity contribution in [2.24, 2.45) is 5.73 Å². The number of nitrogens with one attached hydrogen (secondary N) is 3. The van der Waals surface area contributed by atoms with Gasteiger partial charge in [0.25, 0.3) is 0 Å². The van der Waals surface area contributed by atoms with Gasteiger partial charge in [-0.3, -0.25) is 4.79 Å². The van der Waals surface area contributed by atoms with Gasteiger partial charge in [0, 0.05) is 43.2 Å². The summed E-state index contributed by atoms with van der Waals surface area (Å²) in [6.45, 7) is 0.0944. The van der Waals surface area contributed by atoms with Crippen LogP contribution in [0, 0.1) is 11.6 Å². The first kappa shape index (κ1) is 22.8. The molecule has 3 aromatic rings. The molecular weight excluding hydrogens is 441 g/mol. The van der Waals surface area contributed by atoms with Crippen molar-refractivity contribution in [2.45, 2.75) is 19.0 Å². The highest BCUT2D eigenvalue weighted by Crippen LogP contribution is 2.40. The first-order chi connectivity index (χ1) is 15.1. The van der Waals surface area contributed by atoms with Crippen LogP contribution in [0.5, 0.6) is 11.5 Å². The van der Waals surface area contributed by atoms with Gasteiger partial charge in [0.2, 0.25) is 5.91 Å². The van der Waals surface area contributed by atoms with E-state index in [1.54, 1.807) is 0 Å². The number of anilines is 1. The Hall–Kier alpha value is -3.90. The number of amides is 3. The van der Waals surface area contributed by atoms with Crippen molar-refractivity contribution >= 4 is 28.7 Å². The van der Waals surface area contributed by atoms with Crippen LogP contribution in [0.1, 0.15) is 18.4 Å². The number of urea groups is 1. The van der Waals surface area contributed by atoms with Gasteiger partial charge >= 0.3 is 12.2 Å². The average molecular weight is 457 g/mol. The molecule has 0 atom stereocenters. The standard InChI is InChI=1S/C19H16F5N5O3/c20-11-6-9(29-18(31)27-4-1-2-14(25)30)7-12(21)16(11)32-13-3-5-26-17-15(13)10(8-28-17)19(22,23)24/h3,5-8H,1-2,4H2,(H2,25,30)(H,26,28)(H2,27,29,31). The van der Waals surface area contributed by atoms with E-state index in [0.29, 0.717) is 6.20 Å². The van der Waals surface area contributed by atoms with E-state index in [9.17, 15) is 31.5 Å². The molecule has 0 aliphatic rings. The number of aromatic nitrogens is 2. The molecule has 32 heavy (non-hydrogen) atoms. The van der Waals surface area contributed by atoms with Crippen LogP contribution in [-0.4, -0.2) is 28.5 Å². The predicted octanol–water partition coefficient (Wildman–Crippen LogP) is 4.04. The molecular formula is C19H16F5N5O3. The molecule has 0 unspecified atom stereocenters. The molecule has 3 rings (SSSR count). The van der Waals surface area contributed by atoms with E-state index in [2.05, 4.69) is 20.6 Å². The number of pyridine rings is 1. The molecule has 0 saturated carbocycles. The maximum absolute atomic E-state index is 14.5. The van der Waals surface area contributed by atoms with Crippen molar-refractivity contribution in [1.82, 2.24) is 15.3 Å². The molecule has 0 radical (unpaired) electrons. The molecule has 0 aliphatic carbocycles. The monoisotopic (exact) mass is 457 g/mol. The zero-order valence-electron chi connectivity index (χ0n) is 16.1. The van der Waals surface area contributed by atoms with Gasteiger partial charge in [-0.25, -0.2) is 18.6 Å². The number of halogens is 5. The molecule has 13 heteroatoms. The van der Waals surface area contributed by atoms with Crippen molar-refractivity contribution in [3.8, 4) is 11.5 Å². The lowest BCUT2D eigenvalue weighted by Crippen LogP contribution is -2.30. The number of benzene rings is 1. The number of primary amides is 1. The Labute approximate surface area is 176 Å². The zero-order chi connectivity index (χ0) is 23.5. The van der Waals surface area contributed by atoms with Crippen LogP contribution in [0.3, 0.4) is 0 Å². The minimum absolute atomic E-state index is 0.0506. The molecule has 2 aromatic heterocycles. The van der Waals surface area contributed by atoms with Crippen molar-refractivity contribution < 1.29 is 36.3 Å². The maximum Gasteiger partial charge on any atom is 0.418 e. The third-order valence-corrected chi connectivity index (χ3v) is 4.19. The van der Waals surface area contributed by atoms with E-state index in [-0.39, 0.29) is 30.7 Å². The highest BCUT2D eigenvalue weighted by molar-refractivity contribution is 5.89. The van der Waals surface area contributed by atoms with Crippen molar-refractivity contribution in [3.05, 3.63) is 47.8 Å². The highest BCUT2D eigenvalue weighted by atomic mass is 19.4. The first-order valence-electron chi connectivity index (χ1n) is 9.09. The average Bonchev–Trinajstić information content (AvgIpc) is 3.13. The fourth-order valence-corrected chi connectivity index (χ4v) is 2.81. The van der Waals surface area contributed by atoms with Crippen LogP contribution < -0.4 is 21.1 Å². The number of hydrogen-bond acceptors (Lipinski definition) is 4. The normalized spacial score (nSPS) is 11.4. The van der Waals surface area contributed by atoms with E-state index >= 15 is 0 Å². The number of carbonyl (C=O) groups is 2. The third-order valence-electron chi connectivity index (χ3n) is 4.19. The van der Waals surface area contributed by atoms with E-state index in [1.807, 2.05) is 0 Å². The Balaban J connectivity index is 1.79. The van der Waals surface area contributed by atoms with Crippen molar-refractivity contribution in [3.63, 3.8) is 0 Å². The van der Waals surface area contributed by atoms with E-state index in [4.69, 9.17) is 10.5 Å². The largest absolute Gasteiger partial charge is 0.450 e. The van der Waals surface area contributed by atoms with Crippen LogP contribution >= 0.6 is 0 Å². The lowest BCUT2D eigenvalue weighted by molar-refractivity contribution is -0.136. The number of nitrogens with zero attached hydrogens (tertiary/aromatic N) is 1. The number of H-pyrrole nitrogens is 1. The summed E-state index contributed by atoms with van der Waals surface area (Å²) in [5.74, 6) is -4.49. The summed E-state index contributed by atoms with van der Waals surface area (Å²) in [5.41, 5.74) is 3.41. The van der Waals surface area contributed by atoms with Crippen LogP contribution in [0.15, 0.2) is 30.6 Å². The number of carbonyl (C=O) groups excluding carboxylic acids is 2. The molecule has 3 amide bonds. The van der Waals surface area contributed by atoms with Gasteiger partial charge in [-0.15, -0.1) is 0 Å². The molecule has 0 aliphatic heterocycles. The number of ether oxygens (including phenoxy) is 1. The summed E-state index contributed by atoms with van der Waals surface area (Å²) < 4.78 is 73.8. The molecule has 0 bridgehead atoms. The van der Waals surface area contributed by atoms with Gasteiger partial charge in [0.15, 0.2) is 17.4 Å². The number of rotatable bonds is 7. The van der Waals surface area contributed by atoms with E-state index in [1.165, 1.54) is 0 Å². The minimum atomic E-state index is -4.75. The van der Waals surface area contributed by atoms with Crippen LogP contribution in [0.4, 0.5) is 32.4 Å². The fourth-order valence-electron chi connectivity index (χ4n) is 2.81. The first-order valence-corrected chi connectivity index (χ1v) is 9.09. The van der Waals surface area contributed by atoms with Gasteiger partial charge < -0.3 is 26.1 Å². The van der Waals surface area contributed by atoms with Gasteiger partial charge in [0.05, 0.1) is 10.9 Å². The second-order valence-electron chi connectivity index (χ2n) is 6.55. The van der Waals surface area contributed by atoms with Crippen LogP contribution in [-0.2, 0) is 11.0 Å². The van der Waals surface area contributed by atoms with Gasteiger partial charge in [0.1, 0.15) is 11.4 Å². The highest BCUT2D eigenvalue weighted by Gasteiger charge is 2.35. The summed E-state index contributed by atoms with van der Waals surface area (Å²) in [4.78, 5) is 28.5. The Kier molecular flexibility index (Phi) is 6.46.